The molecule has 32 heavy (non-hydrogen) atoms. The minimum atomic E-state index is -4.23. The van der Waals surface area contributed by atoms with Crippen LogP contribution in [0.1, 0.15) is 49.9 Å². The number of rotatable bonds is 11. The van der Waals surface area contributed by atoms with Crippen LogP contribution in [0.4, 0.5) is 0 Å². The summed E-state index contributed by atoms with van der Waals surface area (Å²) in [6, 6.07) is 9.45. The van der Waals surface area contributed by atoms with Crippen molar-refractivity contribution < 1.29 is 16.8 Å². The summed E-state index contributed by atoms with van der Waals surface area (Å²) >= 11 is 1.13. The molecular formula is C22H29N3O4S3. The first-order valence-electron chi connectivity index (χ1n) is 10.6. The van der Waals surface area contributed by atoms with Crippen LogP contribution in [0.5, 0.6) is 0 Å². The molecular weight excluding hydrogens is 466 g/mol. The molecule has 0 fully saturated rings. The summed E-state index contributed by atoms with van der Waals surface area (Å²) in [7, 11) is -8.17. The van der Waals surface area contributed by atoms with Gasteiger partial charge >= 0.3 is 0 Å². The largest absolute Gasteiger partial charge is 0.348 e. The Labute approximate surface area is 194 Å². The van der Waals surface area contributed by atoms with E-state index < -0.39 is 20.0 Å². The summed E-state index contributed by atoms with van der Waals surface area (Å²) < 4.78 is 52.8. The lowest BCUT2D eigenvalue weighted by molar-refractivity contribution is 0.576. The van der Waals surface area contributed by atoms with E-state index in [1.165, 1.54) is 0 Å². The molecule has 0 amide bonds. The lowest BCUT2D eigenvalue weighted by Crippen LogP contribution is -2.32. The topological polar surface area (TPSA) is 109 Å². The van der Waals surface area contributed by atoms with Gasteiger partial charge in [0.25, 0.3) is 10.0 Å². The Bertz CT molecular complexity index is 1230. The van der Waals surface area contributed by atoms with E-state index in [1.54, 1.807) is 12.4 Å². The fraction of sp³-hybridized carbons (Fsp3) is 0.409. The molecule has 2 N–H and O–H groups in total. The number of hydrogen-bond donors (Lipinski definition) is 2. The zero-order chi connectivity index (χ0) is 23.4. The Kier molecular flexibility index (Phi) is 7.92. The molecule has 0 atom stereocenters. The van der Waals surface area contributed by atoms with Crippen molar-refractivity contribution in [2.75, 3.05) is 5.75 Å². The van der Waals surface area contributed by atoms with E-state index >= 15 is 0 Å². The fourth-order valence-corrected chi connectivity index (χ4v) is 8.59. The molecule has 0 saturated carbocycles. The Balaban J connectivity index is 1.95. The maximum Gasteiger partial charge on any atom is 0.263 e. The van der Waals surface area contributed by atoms with E-state index in [-0.39, 0.29) is 9.96 Å². The lowest BCUT2D eigenvalue weighted by Gasteiger charge is -2.09. The van der Waals surface area contributed by atoms with Gasteiger partial charge in [0.05, 0.1) is 5.75 Å². The van der Waals surface area contributed by atoms with Gasteiger partial charge in [-0.25, -0.2) is 21.8 Å². The van der Waals surface area contributed by atoms with Gasteiger partial charge in [0.15, 0.2) is 0 Å². The Morgan fingerprint density at radius 1 is 1.12 bits per heavy atom. The van der Waals surface area contributed by atoms with Gasteiger partial charge < -0.3 is 4.98 Å². The number of hydrogen-bond acceptors (Lipinski definition) is 6. The number of H-pyrrole nitrogens is 1. The van der Waals surface area contributed by atoms with Crippen molar-refractivity contribution >= 4 is 31.4 Å². The first kappa shape index (κ1) is 24.6. The standard InChI is InChI=1S/C22H29N3O4S3/c1-4-5-12-31(26,27)25-32(28,29)22-20(15-19(30-22)13-16(2)3)18-8-6-17(7-9-18)14-21-23-10-11-24-21/h6-11,15-16,25H,4-5,12-14H2,1-3H3,(H,23,24). The molecule has 0 saturated heterocycles. The van der Waals surface area contributed by atoms with Gasteiger partial charge in [-0.05, 0) is 36.0 Å². The molecule has 0 bridgehead atoms. The molecule has 0 spiro atoms. The molecule has 0 aliphatic heterocycles. The second kappa shape index (κ2) is 10.3. The van der Waals surface area contributed by atoms with Gasteiger partial charge in [-0.1, -0.05) is 51.5 Å². The first-order chi connectivity index (χ1) is 15.1. The van der Waals surface area contributed by atoms with Crippen molar-refractivity contribution in [3.8, 4) is 11.1 Å². The average molecular weight is 496 g/mol. The van der Waals surface area contributed by atoms with Gasteiger partial charge in [-0.15, -0.1) is 15.5 Å². The van der Waals surface area contributed by atoms with Crippen molar-refractivity contribution in [1.29, 1.82) is 0 Å². The minimum absolute atomic E-state index is 0.0343. The van der Waals surface area contributed by atoms with E-state index in [0.717, 1.165) is 33.2 Å². The highest BCUT2D eigenvalue weighted by atomic mass is 32.3. The summed E-state index contributed by atoms with van der Waals surface area (Å²) in [5.41, 5.74) is 2.28. The SMILES string of the molecule is CCCCS(=O)(=O)NS(=O)(=O)c1sc(CC(C)C)cc1-c1ccc(Cc2ncc[nH]2)cc1. The van der Waals surface area contributed by atoms with Crippen LogP contribution in [0.25, 0.3) is 11.1 Å². The molecule has 0 radical (unpaired) electrons. The number of aromatic nitrogens is 2. The molecule has 174 valence electrons. The highest BCUT2D eigenvalue weighted by Crippen LogP contribution is 2.36. The number of sulfonamides is 2. The Morgan fingerprint density at radius 3 is 2.44 bits per heavy atom. The molecule has 7 nitrogen and oxygen atoms in total. The first-order valence-corrected chi connectivity index (χ1v) is 14.5. The van der Waals surface area contributed by atoms with E-state index in [9.17, 15) is 16.8 Å². The number of benzene rings is 1. The normalized spacial score (nSPS) is 12.5. The van der Waals surface area contributed by atoms with Gasteiger partial charge in [0, 0.05) is 29.3 Å². The third-order valence-corrected chi connectivity index (χ3v) is 10.1. The molecule has 3 rings (SSSR count). The van der Waals surface area contributed by atoms with Crippen LogP contribution in [0.15, 0.2) is 46.9 Å². The predicted octanol–water partition coefficient (Wildman–Crippen LogP) is 4.34. The molecule has 0 aliphatic carbocycles. The van der Waals surface area contributed by atoms with Crippen LogP contribution in [0.2, 0.25) is 0 Å². The molecule has 10 heteroatoms. The van der Waals surface area contributed by atoms with Crippen LogP contribution in [-0.4, -0.2) is 32.6 Å². The highest BCUT2D eigenvalue weighted by Gasteiger charge is 2.28. The average Bonchev–Trinajstić information content (AvgIpc) is 3.36. The molecule has 0 unspecified atom stereocenters. The van der Waals surface area contributed by atoms with E-state index in [0.29, 0.717) is 37.2 Å². The molecule has 3 aromatic rings. The Morgan fingerprint density at radius 2 is 1.84 bits per heavy atom. The van der Waals surface area contributed by atoms with Gasteiger partial charge in [0.2, 0.25) is 10.0 Å². The van der Waals surface area contributed by atoms with Gasteiger partial charge in [0.1, 0.15) is 10.0 Å². The Hall–Kier alpha value is -2.01. The van der Waals surface area contributed by atoms with Crippen molar-refractivity contribution in [2.45, 2.75) is 50.7 Å². The molecule has 1 aromatic carbocycles. The van der Waals surface area contributed by atoms with Gasteiger partial charge in [-0.3, -0.25) is 0 Å². The maximum atomic E-state index is 13.1. The van der Waals surface area contributed by atoms with Crippen molar-refractivity contribution in [2.24, 2.45) is 5.92 Å². The number of unbranched alkanes of at least 4 members (excludes halogenated alkanes) is 1. The fourth-order valence-electron chi connectivity index (χ4n) is 3.30. The van der Waals surface area contributed by atoms with Crippen LogP contribution < -0.4 is 4.13 Å². The van der Waals surface area contributed by atoms with Crippen molar-refractivity contribution in [3.63, 3.8) is 0 Å². The van der Waals surface area contributed by atoms with Crippen molar-refractivity contribution in [1.82, 2.24) is 14.1 Å². The third kappa shape index (κ3) is 6.50. The van der Waals surface area contributed by atoms with E-state index in [1.807, 2.05) is 41.4 Å². The van der Waals surface area contributed by atoms with Crippen LogP contribution in [0.3, 0.4) is 0 Å². The van der Waals surface area contributed by atoms with E-state index in [2.05, 4.69) is 23.8 Å². The van der Waals surface area contributed by atoms with E-state index in [4.69, 9.17) is 0 Å². The second-order valence-electron chi connectivity index (χ2n) is 8.18. The van der Waals surface area contributed by atoms with Crippen LogP contribution in [0, 0.1) is 5.92 Å². The molecule has 0 aliphatic rings. The number of thiophene rings is 1. The summed E-state index contributed by atoms with van der Waals surface area (Å²) in [5, 5.41) is 0. The summed E-state index contributed by atoms with van der Waals surface area (Å²) in [4.78, 5) is 8.19. The number of nitrogens with zero attached hydrogens (tertiary/aromatic N) is 1. The van der Waals surface area contributed by atoms with Crippen molar-refractivity contribution in [3.05, 3.63) is 59.0 Å². The summed E-state index contributed by atoms with van der Waals surface area (Å²) in [6.45, 7) is 5.98. The summed E-state index contributed by atoms with van der Waals surface area (Å²) in [5.74, 6) is 0.968. The molecule has 2 aromatic heterocycles. The van der Waals surface area contributed by atoms with Gasteiger partial charge in [-0.2, -0.15) is 0 Å². The highest BCUT2D eigenvalue weighted by molar-refractivity contribution is 8.05. The van der Waals surface area contributed by atoms with Crippen LogP contribution >= 0.6 is 11.3 Å². The number of nitrogens with one attached hydrogen (secondary N) is 2. The smallest absolute Gasteiger partial charge is 0.263 e. The van der Waals surface area contributed by atoms with Crippen LogP contribution in [-0.2, 0) is 32.9 Å². The zero-order valence-electron chi connectivity index (χ0n) is 18.5. The second-order valence-corrected chi connectivity index (χ2v) is 13.3. The quantitative estimate of drug-likeness (QED) is 0.411. The summed E-state index contributed by atoms with van der Waals surface area (Å²) in [6.07, 6.45) is 5.88. The lowest BCUT2D eigenvalue weighted by atomic mass is 10.0. The third-order valence-electron chi connectivity index (χ3n) is 4.80. The number of imidazole rings is 1. The number of aromatic amines is 1. The zero-order valence-corrected chi connectivity index (χ0v) is 20.9. The monoisotopic (exact) mass is 495 g/mol. The molecule has 2 heterocycles. The maximum absolute atomic E-state index is 13.1. The minimum Gasteiger partial charge on any atom is -0.348 e. The predicted molar refractivity (Wildman–Crippen MR) is 129 cm³/mol.